The first kappa shape index (κ1) is 15.0. The molecule has 7 heteroatoms. The molecule has 106 valence electrons. The zero-order valence-electron chi connectivity index (χ0n) is 11.6. The number of hydrogen-bond donors (Lipinski definition) is 2. The minimum atomic E-state index is 0.117. The standard InChI is InChI=1S/C12H21N5O2/c1-4-17(5-2)11(18)6-7-14-9-8-10(19-3)16-12(13)15-9/h8H,4-7H2,1-3H3,(H3,13,14,15,16). The van der Waals surface area contributed by atoms with Gasteiger partial charge in [-0.1, -0.05) is 0 Å². The van der Waals surface area contributed by atoms with E-state index in [2.05, 4.69) is 15.3 Å². The van der Waals surface area contributed by atoms with Crippen molar-refractivity contribution in [3.05, 3.63) is 6.07 Å². The summed E-state index contributed by atoms with van der Waals surface area (Å²) in [5, 5.41) is 3.04. The van der Waals surface area contributed by atoms with Crippen LogP contribution in [0.15, 0.2) is 6.07 Å². The summed E-state index contributed by atoms with van der Waals surface area (Å²) in [7, 11) is 1.51. The Kier molecular flexibility index (Phi) is 5.84. The van der Waals surface area contributed by atoms with Gasteiger partial charge in [0.2, 0.25) is 17.7 Å². The molecule has 0 fully saturated rings. The number of rotatable bonds is 7. The SMILES string of the molecule is CCN(CC)C(=O)CCNc1cc(OC)nc(N)n1. The van der Waals surface area contributed by atoms with Crippen molar-refractivity contribution in [1.29, 1.82) is 0 Å². The number of nitrogens with two attached hydrogens (primary N) is 1. The van der Waals surface area contributed by atoms with Crippen molar-refractivity contribution in [3.63, 3.8) is 0 Å². The molecular weight excluding hydrogens is 246 g/mol. The molecule has 0 bridgehead atoms. The summed E-state index contributed by atoms with van der Waals surface area (Å²) < 4.78 is 4.99. The number of anilines is 2. The number of nitrogens with zero attached hydrogens (tertiary/aromatic N) is 3. The first-order chi connectivity index (χ1) is 9.10. The van der Waals surface area contributed by atoms with Gasteiger partial charge in [0.15, 0.2) is 0 Å². The van der Waals surface area contributed by atoms with Crippen molar-refractivity contribution in [2.24, 2.45) is 0 Å². The number of aromatic nitrogens is 2. The quantitative estimate of drug-likeness (QED) is 0.756. The molecule has 0 aliphatic rings. The lowest BCUT2D eigenvalue weighted by Crippen LogP contribution is -2.31. The summed E-state index contributed by atoms with van der Waals surface area (Å²) in [5.74, 6) is 1.20. The normalized spacial score (nSPS) is 10.1. The number of ether oxygens (including phenoxy) is 1. The lowest BCUT2D eigenvalue weighted by molar-refractivity contribution is -0.130. The molecule has 0 unspecified atom stereocenters. The van der Waals surface area contributed by atoms with Crippen molar-refractivity contribution in [3.8, 4) is 5.88 Å². The van der Waals surface area contributed by atoms with Crippen molar-refractivity contribution in [2.75, 3.05) is 37.8 Å². The van der Waals surface area contributed by atoms with Crippen LogP contribution >= 0.6 is 0 Å². The Hall–Kier alpha value is -2.05. The topological polar surface area (TPSA) is 93.4 Å². The van der Waals surface area contributed by atoms with E-state index < -0.39 is 0 Å². The van der Waals surface area contributed by atoms with E-state index in [0.717, 1.165) is 13.1 Å². The van der Waals surface area contributed by atoms with Gasteiger partial charge in [0.25, 0.3) is 0 Å². The highest BCUT2D eigenvalue weighted by Crippen LogP contribution is 2.13. The van der Waals surface area contributed by atoms with Gasteiger partial charge in [-0.2, -0.15) is 9.97 Å². The highest BCUT2D eigenvalue weighted by atomic mass is 16.5. The maximum absolute atomic E-state index is 11.8. The zero-order chi connectivity index (χ0) is 14.3. The molecule has 19 heavy (non-hydrogen) atoms. The van der Waals surface area contributed by atoms with E-state index in [1.165, 1.54) is 7.11 Å². The predicted molar refractivity (Wildman–Crippen MR) is 74.0 cm³/mol. The summed E-state index contributed by atoms with van der Waals surface area (Å²) in [6.45, 7) is 5.87. The second-order valence-corrected chi connectivity index (χ2v) is 3.90. The van der Waals surface area contributed by atoms with Crippen LogP contribution in [0.4, 0.5) is 11.8 Å². The molecule has 3 N–H and O–H groups in total. The molecule has 1 amide bonds. The number of methoxy groups -OCH3 is 1. The lowest BCUT2D eigenvalue weighted by Gasteiger charge is -2.18. The monoisotopic (exact) mass is 267 g/mol. The number of amides is 1. The molecule has 0 aliphatic heterocycles. The van der Waals surface area contributed by atoms with E-state index in [9.17, 15) is 4.79 Å². The molecule has 7 nitrogen and oxygen atoms in total. The Morgan fingerprint density at radius 2 is 2.11 bits per heavy atom. The van der Waals surface area contributed by atoms with E-state index >= 15 is 0 Å². The van der Waals surface area contributed by atoms with E-state index in [1.54, 1.807) is 11.0 Å². The number of nitrogen functional groups attached to an aromatic ring is 1. The van der Waals surface area contributed by atoms with Gasteiger partial charge in [-0.05, 0) is 13.8 Å². The molecule has 0 spiro atoms. The largest absolute Gasteiger partial charge is 0.481 e. The zero-order valence-corrected chi connectivity index (χ0v) is 11.6. The van der Waals surface area contributed by atoms with Gasteiger partial charge in [-0.15, -0.1) is 0 Å². The number of hydrogen-bond acceptors (Lipinski definition) is 6. The fraction of sp³-hybridized carbons (Fsp3) is 0.583. The average Bonchev–Trinajstić information content (AvgIpc) is 2.39. The van der Waals surface area contributed by atoms with E-state index in [1.807, 2.05) is 13.8 Å². The second-order valence-electron chi connectivity index (χ2n) is 3.90. The fourth-order valence-electron chi connectivity index (χ4n) is 1.67. The predicted octanol–water partition coefficient (Wildman–Crippen LogP) is 0.738. The van der Waals surface area contributed by atoms with E-state index in [0.29, 0.717) is 24.7 Å². The average molecular weight is 267 g/mol. The van der Waals surface area contributed by atoms with Crippen molar-refractivity contribution in [2.45, 2.75) is 20.3 Å². The molecule has 1 rings (SSSR count). The Morgan fingerprint density at radius 3 is 2.68 bits per heavy atom. The van der Waals surface area contributed by atoms with Gasteiger partial charge >= 0.3 is 0 Å². The van der Waals surface area contributed by atoms with Crippen LogP contribution in [0.3, 0.4) is 0 Å². The third kappa shape index (κ3) is 4.61. The van der Waals surface area contributed by atoms with Crippen molar-refractivity contribution < 1.29 is 9.53 Å². The fourth-order valence-corrected chi connectivity index (χ4v) is 1.67. The van der Waals surface area contributed by atoms with Crippen LogP contribution in [0.5, 0.6) is 5.88 Å². The number of carbonyl (C=O) groups excluding carboxylic acids is 1. The van der Waals surface area contributed by atoms with Crippen molar-refractivity contribution >= 4 is 17.7 Å². The van der Waals surface area contributed by atoms with E-state index in [4.69, 9.17) is 10.5 Å². The number of carbonyl (C=O) groups is 1. The molecule has 0 saturated carbocycles. The maximum Gasteiger partial charge on any atom is 0.225 e. The van der Waals surface area contributed by atoms with Gasteiger partial charge in [0.05, 0.1) is 7.11 Å². The first-order valence-corrected chi connectivity index (χ1v) is 6.30. The Balaban J connectivity index is 2.49. The van der Waals surface area contributed by atoms with Crippen LogP contribution in [-0.4, -0.2) is 47.5 Å². The summed E-state index contributed by atoms with van der Waals surface area (Å²) in [4.78, 5) is 21.5. The second kappa shape index (κ2) is 7.40. The van der Waals surface area contributed by atoms with Gasteiger partial charge in [-0.25, -0.2) is 0 Å². The van der Waals surface area contributed by atoms with Gasteiger partial charge in [0.1, 0.15) is 5.82 Å². The smallest absolute Gasteiger partial charge is 0.225 e. The Bertz CT molecular complexity index is 421. The highest BCUT2D eigenvalue weighted by molar-refractivity contribution is 5.76. The summed E-state index contributed by atoms with van der Waals surface area (Å²) >= 11 is 0. The molecule has 0 atom stereocenters. The molecule has 0 saturated heterocycles. The minimum Gasteiger partial charge on any atom is -0.481 e. The summed E-state index contributed by atoms with van der Waals surface area (Å²) in [6.07, 6.45) is 0.411. The van der Waals surface area contributed by atoms with Crippen LogP contribution in [0.2, 0.25) is 0 Å². The van der Waals surface area contributed by atoms with Gasteiger partial charge in [-0.3, -0.25) is 4.79 Å². The Labute approximate surface area is 113 Å². The van der Waals surface area contributed by atoms with E-state index in [-0.39, 0.29) is 11.9 Å². The minimum absolute atomic E-state index is 0.117. The highest BCUT2D eigenvalue weighted by Gasteiger charge is 2.09. The van der Waals surface area contributed by atoms with Crippen LogP contribution in [-0.2, 0) is 4.79 Å². The molecule has 0 aliphatic carbocycles. The third-order valence-corrected chi connectivity index (χ3v) is 2.69. The van der Waals surface area contributed by atoms with Crippen LogP contribution < -0.4 is 15.8 Å². The van der Waals surface area contributed by atoms with Crippen LogP contribution in [0.1, 0.15) is 20.3 Å². The van der Waals surface area contributed by atoms with Gasteiger partial charge in [0, 0.05) is 32.1 Å². The van der Waals surface area contributed by atoms with Crippen LogP contribution in [0.25, 0.3) is 0 Å². The molecule has 0 aromatic carbocycles. The van der Waals surface area contributed by atoms with Crippen molar-refractivity contribution in [1.82, 2.24) is 14.9 Å². The number of nitrogens with one attached hydrogen (secondary N) is 1. The maximum atomic E-state index is 11.8. The third-order valence-electron chi connectivity index (χ3n) is 2.69. The lowest BCUT2D eigenvalue weighted by atomic mass is 10.3. The molecular formula is C12H21N5O2. The molecule has 0 radical (unpaired) electrons. The van der Waals surface area contributed by atoms with Crippen LogP contribution in [0, 0.1) is 0 Å². The molecule has 1 aromatic heterocycles. The summed E-state index contributed by atoms with van der Waals surface area (Å²) in [5.41, 5.74) is 5.54. The molecule has 1 aromatic rings. The van der Waals surface area contributed by atoms with Gasteiger partial charge < -0.3 is 20.7 Å². The molecule has 1 heterocycles. The summed E-state index contributed by atoms with van der Waals surface area (Å²) in [6, 6.07) is 1.64. The Morgan fingerprint density at radius 1 is 1.42 bits per heavy atom. The first-order valence-electron chi connectivity index (χ1n) is 6.30.